The molecule has 2 aromatic rings. The van der Waals surface area contributed by atoms with Crippen LogP contribution in [0.3, 0.4) is 0 Å². The normalized spacial score (nSPS) is 11.8. The maximum Gasteiger partial charge on any atom is 0.251 e. The third-order valence-corrected chi connectivity index (χ3v) is 5.40. The van der Waals surface area contributed by atoms with Gasteiger partial charge < -0.3 is 16.0 Å². The van der Waals surface area contributed by atoms with E-state index in [1.54, 1.807) is 31.2 Å². The zero-order chi connectivity index (χ0) is 21.3. The van der Waals surface area contributed by atoms with E-state index in [2.05, 4.69) is 20.9 Å². The number of carbonyl (C=O) groups is 1. The van der Waals surface area contributed by atoms with Crippen LogP contribution in [0.25, 0.3) is 0 Å². The summed E-state index contributed by atoms with van der Waals surface area (Å²) in [6.07, 6.45) is 1.21. The highest BCUT2D eigenvalue weighted by molar-refractivity contribution is 7.90. The zero-order valence-electron chi connectivity index (χ0n) is 17.0. The van der Waals surface area contributed by atoms with Gasteiger partial charge in [0.05, 0.1) is 11.4 Å². The first-order valence-corrected chi connectivity index (χ1v) is 11.4. The van der Waals surface area contributed by atoms with Crippen LogP contribution in [0.2, 0.25) is 0 Å². The average Bonchev–Trinajstić information content (AvgIpc) is 2.68. The summed E-state index contributed by atoms with van der Waals surface area (Å²) in [6, 6.07) is 14.3. The number of carbonyl (C=O) groups excluding carboxylic acids is 1. The van der Waals surface area contributed by atoms with Crippen LogP contribution < -0.4 is 16.0 Å². The van der Waals surface area contributed by atoms with E-state index in [1.165, 1.54) is 6.26 Å². The first kappa shape index (κ1) is 22.4. The maximum absolute atomic E-state index is 12.0. The lowest BCUT2D eigenvalue weighted by Gasteiger charge is -2.12. The molecule has 0 bridgehead atoms. The van der Waals surface area contributed by atoms with Crippen LogP contribution in [-0.2, 0) is 16.4 Å². The van der Waals surface area contributed by atoms with Crippen molar-refractivity contribution in [3.05, 3.63) is 65.2 Å². The number of amides is 1. The molecule has 29 heavy (non-hydrogen) atoms. The van der Waals surface area contributed by atoms with Crippen LogP contribution in [0.5, 0.6) is 0 Å². The highest BCUT2D eigenvalue weighted by Crippen LogP contribution is 2.17. The van der Waals surface area contributed by atoms with Crippen LogP contribution in [0.1, 0.15) is 28.4 Å². The Bertz CT molecular complexity index is 957. The first-order chi connectivity index (χ1) is 13.8. The summed E-state index contributed by atoms with van der Waals surface area (Å²) in [5.41, 5.74) is 2.26. The third-order valence-electron chi connectivity index (χ3n) is 4.14. The predicted molar refractivity (Wildman–Crippen MR) is 116 cm³/mol. The molecule has 7 nitrogen and oxygen atoms in total. The number of benzene rings is 2. The van der Waals surface area contributed by atoms with E-state index < -0.39 is 9.84 Å². The maximum atomic E-state index is 12.0. The number of hydrogen-bond acceptors (Lipinski definition) is 4. The second-order valence-electron chi connectivity index (χ2n) is 6.62. The van der Waals surface area contributed by atoms with Gasteiger partial charge in [-0.3, -0.25) is 4.79 Å². The number of aryl methyl sites for hydroxylation is 1. The third kappa shape index (κ3) is 7.23. The van der Waals surface area contributed by atoms with Gasteiger partial charge in [-0.25, -0.2) is 13.4 Å². The lowest BCUT2D eigenvalue weighted by Crippen LogP contribution is -2.41. The summed E-state index contributed by atoms with van der Waals surface area (Å²) >= 11 is 0. The Morgan fingerprint density at radius 3 is 2.31 bits per heavy atom. The molecule has 0 atom stereocenters. The molecule has 0 spiro atoms. The van der Waals surface area contributed by atoms with Crippen molar-refractivity contribution in [2.75, 3.05) is 25.9 Å². The predicted octanol–water partition coefficient (Wildman–Crippen LogP) is 1.88. The molecule has 0 radical (unpaired) electrons. The van der Waals surface area contributed by atoms with Crippen molar-refractivity contribution in [3.63, 3.8) is 0 Å². The highest BCUT2D eigenvalue weighted by atomic mass is 32.2. The van der Waals surface area contributed by atoms with Crippen LogP contribution in [0, 0.1) is 6.92 Å². The molecule has 0 fully saturated rings. The summed E-state index contributed by atoms with van der Waals surface area (Å²) in [6.45, 7) is 5.85. The number of guanidine groups is 1. The molecule has 3 N–H and O–H groups in total. The molecule has 0 aliphatic heterocycles. The largest absolute Gasteiger partial charge is 0.357 e. The fraction of sp³-hybridized carbons (Fsp3) is 0.333. The van der Waals surface area contributed by atoms with Crippen molar-refractivity contribution >= 4 is 21.7 Å². The molecule has 2 aromatic carbocycles. The van der Waals surface area contributed by atoms with Crippen molar-refractivity contribution in [3.8, 4) is 0 Å². The van der Waals surface area contributed by atoms with Crippen LogP contribution in [0.15, 0.2) is 58.4 Å². The monoisotopic (exact) mass is 416 g/mol. The zero-order valence-corrected chi connectivity index (χ0v) is 17.8. The molecule has 0 unspecified atom stereocenters. The number of sulfone groups is 1. The van der Waals surface area contributed by atoms with Crippen molar-refractivity contribution in [1.29, 1.82) is 0 Å². The molecule has 0 aromatic heterocycles. The van der Waals surface area contributed by atoms with Gasteiger partial charge in [-0.15, -0.1) is 0 Å². The minimum atomic E-state index is -3.23. The number of hydrogen-bond donors (Lipinski definition) is 3. The molecular weight excluding hydrogens is 388 g/mol. The standard InChI is InChI=1S/C21H28N4O3S/c1-4-22-21(24-13-12-23-20(26)18-8-6-5-7-9-18)25-15-17-10-11-19(16(2)14-17)29(3,27)28/h5-11,14H,4,12-13,15H2,1-3H3,(H,23,26)(H2,22,24,25). The van der Waals surface area contributed by atoms with Crippen LogP contribution >= 0.6 is 0 Å². The SMILES string of the molecule is CCNC(=NCc1ccc(S(C)(=O)=O)c(C)c1)NCCNC(=O)c1ccccc1. The van der Waals surface area contributed by atoms with E-state index in [4.69, 9.17) is 0 Å². The molecule has 1 amide bonds. The summed E-state index contributed by atoms with van der Waals surface area (Å²) in [4.78, 5) is 16.9. The van der Waals surface area contributed by atoms with Gasteiger partial charge in [0.1, 0.15) is 0 Å². The quantitative estimate of drug-likeness (QED) is 0.347. The average molecular weight is 417 g/mol. The summed E-state index contributed by atoms with van der Waals surface area (Å²) in [5, 5.41) is 9.19. The van der Waals surface area contributed by atoms with Crippen LogP contribution in [0.4, 0.5) is 0 Å². The molecule has 0 aliphatic carbocycles. The minimum Gasteiger partial charge on any atom is -0.357 e. The van der Waals surface area contributed by atoms with E-state index in [9.17, 15) is 13.2 Å². The number of nitrogens with zero attached hydrogens (tertiary/aromatic N) is 1. The van der Waals surface area contributed by atoms with Gasteiger partial charge in [-0.2, -0.15) is 0 Å². The second-order valence-corrected chi connectivity index (χ2v) is 8.60. The van der Waals surface area contributed by atoms with Crippen LogP contribution in [-0.4, -0.2) is 46.2 Å². The molecule has 8 heteroatoms. The van der Waals surface area contributed by atoms with Gasteiger partial charge in [0.2, 0.25) is 0 Å². The Hall–Kier alpha value is -2.87. The lowest BCUT2D eigenvalue weighted by atomic mass is 10.1. The van der Waals surface area contributed by atoms with Gasteiger partial charge in [0, 0.05) is 31.5 Å². The molecule has 0 heterocycles. The van der Waals surface area contributed by atoms with Crippen molar-refractivity contribution in [1.82, 2.24) is 16.0 Å². The van der Waals surface area contributed by atoms with Gasteiger partial charge in [-0.1, -0.05) is 30.3 Å². The Kier molecular flexibility index (Phi) is 8.21. The summed E-state index contributed by atoms with van der Waals surface area (Å²) in [7, 11) is -3.23. The topological polar surface area (TPSA) is 99.7 Å². The Labute approximate surface area is 172 Å². The molecule has 156 valence electrons. The van der Waals surface area contributed by atoms with Gasteiger partial charge >= 0.3 is 0 Å². The van der Waals surface area contributed by atoms with Crippen molar-refractivity contribution in [2.45, 2.75) is 25.3 Å². The van der Waals surface area contributed by atoms with E-state index in [1.807, 2.05) is 31.2 Å². The lowest BCUT2D eigenvalue weighted by molar-refractivity contribution is 0.0954. The van der Waals surface area contributed by atoms with Gasteiger partial charge in [0.15, 0.2) is 15.8 Å². The van der Waals surface area contributed by atoms with Crippen molar-refractivity contribution in [2.24, 2.45) is 4.99 Å². The van der Waals surface area contributed by atoms with Crippen molar-refractivity contribution < 1.29 is 13.2 Å². The van der Waals surface area contributed by atoms with E-state index >= 15 is 0 Å². The second kappa shape index (κ2) is 10.6. The molecule has 0 saturated carbocycles. The number of aliphatic imine (C=N–C) groups is 1. The Balaban J connectivity index is 1.89. The minimum absolute atomic E-state index is 0.115. The molecule has 0 saturated heterocycles. The molecule has 0 aliphatic rings. The Morgan fingerprint density at radius 1 is 1.00 bits per heavy atom. The fourth-order valence-corrected chi connectivity index (χ4v) is 3.75. The summed E-state index contributed by atoms with van der Waals surface area (Å²) < 4.78 is 23.4. The van der Waals surface area contributed by atoms with Gasteiger partial charge in [0.25, 0.3) is 5.91 Å². The molecule has 2 rings (SSSR count). The first-order valence-electron chi connectivity index (χ1n) is 9.46. The smallest absolute Gasteiger partial charge is 0.251 e. The highest BCUT2D eigenvalue weighted by Gasteiger charge is 2.10. The van der Waals surface area contributed by atoms with E-state index in [-0.39, 0.29) is 5.91 Å². The van der Waals surface area contributed by atoms with E-state index in [0.29, 0.717) is 48.2 Å². The number of nitrogens with one attached hydrogen (secondary N) is 3. The number of rotatable bonds is 8. The molecular formula is C21H28N4O3S. The Morgan fingerprint density at radius 2 is 1.69 bits per heavy atom. The summed E-state index contributed by atoms with van der Waals surface area (Å²) in [5.74, 6) is 0.516. The van der Waals surface area contributed by atoms with Gasteiger partial charge in [-0.05, 0) is 43.2 Å². The van der Waals surface area contributed by atoms with E-state index in [0.717, 1.165) is 5.56 Å². The fourth-order valence-electron chi connectivity index (χ4n) is 2.79.